The molecule has 0 saturated carbocycles. The van der Waals surface area contributed by atoms with E-state index in [4.69, 9.17) is 4.74 Å². The number of rotatable bonds is 6. The van der Waals surface area contributed by atoms with Gasteiger partial charge in [-0.25, -0.2) is 0 Å². The van der Waals surface area contributed by atoms with Crippen molar-refractivity contribution in [2.75, 3.05) is 44.7 Å². The molecule has 1 aliphatic carbocycles. The molecule has 30 heavy (non-hydrogen) atoms. The number of piperazine rings is 1. The van der Waals surface area contributed by atoms with Crippen LogP contribution in [0.5, 0.6) is 5.75 Å². The van der Waals surface area contributed by atoms with Gasteiger partial charge >= 0.3 is 0 Å². The van der Waals surface area contributed by atoms with Gasteiger partial charge in [-0.3, -0.25) is 9.69 Å². The highest BCUT2D eigenvalue weighted by Gasteiger charge is 2.27. The first kappa shape index (κ1) is 23.1. The van der Waals surface area contributed by atoms with Gasteiger partial charge in [-0.15, -0.1) is 12.4 Å². The molecule has 0 aromatic heterocycles. The second kappa shape index (κ2) is 10.7. The van der Waals surface area contributed by atoms with E-state index in [9.17, 15) is 4.79 Å². The Balaban J connectivity index is 0.00000256. The third-order valence-corrected chi connectivity index (χ3v) is 6.78. The first-order valence-electron chi connectivity index (χ1n) is 10.6. The predicted octanol–water partition coefficient (Wildman–Crippen LogP) is 5.08. The summed E-state index contributed by atoms with van der Waals surface area (Å²) in [5.74, 6) is 1.40. The van der Waals surface area contributed by atoms with E-state index in [2.05, 4.69) is 56.1 Å². The van der Waals surface area contributed by atoms with Gasteiger partial charge in [0.1, 0.15) is 11.5 Å². The second-order valence-electron chi connectivity index (χ2n) is 8.00. The van der Waals surface area contributed by atoms with E-state index in [-0.39, 0.29) is 18.3 Å². The minimum absolute atomic E-state index is 0. The molecule has 1 heterocycles. The van der Waals surface area contributed by atoms with Gasteiger partial charge in [0.05, 0.1) is 12.8 Å². The van der Waals surface area contributed by atoms with Crippen molar-refractivity contribution in [3.63, 3.8) is 0 Å². The lowest BCUT2D eigenvalue weighted by molar-refractivity contribution is -0.121. The summed E-state index contributed by atoms with van der Waals surface area (Å²) < 4.78 is 6.58. The van der Waals surface area contributed by atoms with Crippen LogP contribution in [0.25, 0.3) is 0 Å². The van der Waals surface area contributed by atoms with Crippen LogP contribution in [-0.2, 0) is 11.2 Å². The van der Waals surface area contributed by atoms with Crippen molar-refractivity contribution in [1.29, 1.82) is 0 Å². The topological polar surface area (TPSA) is 32.8 Å². The Morgan fingerprint density at radius 1 is 1.13 bits per heavy atom. The molecular formula is C24H30BrClN2O2. The van der Waals surface area contributed by atoms with E-state index in [1.807, 2.05) is 12.1 Å². The summed E-state index contributed by atoms with van der Waals surface area (Å²) in [5, 5.41) is 0. The molecule has 0 radical (unpaired) electrons. The Hall–Kier alpha value is -1.56. The molecule has 1 saturated heterocycles. The zero-order valence-electron chi connectivity index (χ0n) is 17.5. The van der Waals surface area contributed by atoms with Crippen LogP contribution in [0, 0.1) is 0 Å². The number of ketones is 1. The largest absolute Gasteiger partial charge is 0.495 e. The van der Waals surface area contributed by atoms with Gasteiger partial charge in [-0.05, 0) is 54.7 Å². The lowest BCUT2D eigenvalue weighted by atomic mass is 9.80. The number of carbonyl (C=O) groups excluding carboxylic acids is 1. The predicted molar refractivity (Wildman–Crippen MR) is 128 cm³/mol. The number of benzene rings is 2. The second-order valence-corrected chi connectivity index (χ2v) is 8.92. The minimum atomic E-state index is 0. The smallest absolute Gasteiger partial charge is 0.142 e. The lowest BCUT2D eigenvalue weighted by Crippen LogP contribution is -2.47. The van der Waals surface area contributed by atoms with Crippen molar-refractivity contribution in [2.24, 2.45) is 0 Å². The Morgan fingerprint density at radius 2 is 1.90 bits per heavy atom. The van der Waals surface area contributed by atoms with E-state index in [0.29, 0.717) is 12.2 Å². The zero-order chi connectivity index (χ0) is 20.2. The summed E-state index contributed by atoms with van der Waals surface area (Å²) in [7, 11) is 1.72. The Kier molecular flexibility index (Phi) is 8.20. The molecule has 1 aliphatic heterocycles. The van der Waals surface area contributed by atoms with Gasteiger partial charge in [0.2, 0.25) is 0 Å². The number of fused-ring (bicyclic) bond motifs is 1. The number of halogens is 2. The number of hydrogen-bond acceptors (Lipinski definition) is 4. The summed E-state index contributed by atoms with van der Waals surface area (Å²) in [6, 6.07) is 14.6. The van der Waals surface area contributed by atoms with E-state index in [1.54, 1.807) is 7.11 Å². The van der Waals surface area contributed by atoms with Crippen LogP contribution in [0.2, 0.25) is 0 Å². The highest BCUT2D eigenvalue weighted by Crippen LogP contribution is 2.35. The third kappa shape index (κ3) is 5.19. The van der Waals surface area contributed by atoms with Gasteiger partial charge in [0, 0.05) is 49.5 Å². The number of nitrogens with zero attached hydrogens (tertiary/aromatic N) is 2. The molecule has 1 unspecified atom stereocenters. The quantitative estimate of drug-likeness (QED) is 0.562. The lowest BCUT2D eigenvalue weighted by Gasteiger charge is -2.36. The van der Waals surface area contributed by atoms with Crippen molar-refractivity contribution >= 4 is 39.8 Å². The van der Waals surface area contributed by atoms with E-state index >= 15 is 0 Å². The Labute approximate surface area is 194 Å². The van der Waals surface area contributed by atoms with Crippen LogP contribution < -0.4 is 9.64 Å². The summed E-state index contributed by atoms with van der Waals surface area (Å²) in [5.41, 5.74) is 3.76. The van der Waals surface area contributed by atoms with Crippen molar-refractivity contribution in [2.45, 2.75) is 31.6 Å². The molecule has 4 rings (SSSR count). The standard InChI is InChI=1S/C24H29BrN2O2.ClH/c1-29-24-8-3-2-7-22(24)27-15-13-26(14-16-27)12-11-23(28)20-6-4-5-18-9-10-19(25)17-21(18)20;/h2-3,7-10,17,20H,4-6,11-16H2,1H3;1H. The van der Waals surface area contributed by atoms with Crippen molar-refractivity contribution in [3.05, 3.63) is 58.1 Å². The van der Waals surface area contributed by atoms with Gasteiger partial charge < -0.3 is 9.64 Å². The van der Waals surface area contributed by atoms with Crippen molar-refractivity contribution in [1.82, 2.24) is 4.90 Å². The van der Waals surface area contributed by atoms with Crippen LogP contribution in [0.1, 0.15) is 36.3 Å². The van der Waals surface area contributed by atoms with E-state index in [1.165, 1.54) is 11.1 Å². The van der Waals surface area contributed by atoms with Gasteiger partial charge in [-0.1, -0.05) is 34.1 Å². The molecule has 2 aliphatic rings. The molecule has 0 bridgehead atoms. The monoisotopic (exact) mass is 492 g/mol. The maximum Gasteiger partial charge on any atom is 0.142 e. The summed E-state index contributed by atoms with van der Waals surface area (Å²) in [4.78, 5) is 17.8. The van der Waals surface area contributed by atoms with E-state index in [0.717, 1.165) is 67.9 Å². The number of Topliss-reactive ketones (excluding diaryl/α,β-unsaturated/α-hetero) is 1. The summed E-state index contributed by atoms with van der Waals surface area (Å²) >= 11 is 3.57. The van der Waals surface area contributed by atoms with Crippen molar-refractivity contribution < 1.29 is 9.53 Å². The average molecular weight is 494 g/mol. The number of hydrogen-bond donors (Lipinski definition) is 0. The van der Waals surface area contributed by atoms with Crippen LogP contribution >= 0.6 is 28.3 Å². The average Bonchev–Trinajstić information content (AvgIpc) is 2.77. The molecule has 2 aromatic rings. The number of ether oxygens (including phenoxy) is 1. The fourth-order valence-electron chi connectivity index (χ4n) is 4.65. The maximum atomic E-state index is 13.0. The van der Waals surface area contributed by atoms with Gasteiger partial charge in [-0.2, -0.15) is 0 Å². The molecule has 1 fully saturated rings. The molecule has 1 atom stereocenters. The molecule has 4 nitrogen and oxygen atoms in total. The number of methoxy groups -OCH3 is 1. The third-order valence-electron chi connectivity index (χ3n) is 6.28. The molecule has 162 valence electrons. The highest BCUT2D eigenvalue weighted by molar-refractivity contribution is 9.10. The number of para-hydroxylation sites is 2. The Morgan fingerprint density at radius 3 is 2.67 bits per heavy atom. The fourth-order valence-corrected chi connectivity index (χ4v) is 5.03. The SMILES string of the molecule is COc1ccccc1N1CCN(CCC(=O)C2CCCc3ccc(Br)cc32)CC1.Cl. The first-order chi connectivity index (χ1) is 14.2. The van der Waals surface area contributed by atoms with Crippen molar-refractivity contribution in [3.8, 4) is 5.75 Å². The minimum Gasteiger partial charge on any atom is -0.495 e. The summed E-state index contributed by atoms with van der Waals surface area (Å²) in [6.07, 6.45) is 3.84. The van der Waals surface area contributed by atoms with Crippen LogP contribution in [0.4, 0.5) is 5.69 Å². The van der Waals surface area contributed by atoms with Crippen LogP contribution in [0.15, 0.2) is 46.9 Å². The summed E-state index contributed by atoms with van der Waals surface area (Å²) in [6.45, 7) is 4.76. The number of aryl methyl sites for hydroxylation is 1. The molecule has 0 N–H and O–H groups in total. The normalized spacial score (nSPS) is 19.0. The van der Waals surface area contributed by atoms with Gasteiger partial charge in [0.15, 0.2) is 0 Å². The highest BCUT2D eigenvalue weighted by atomic mass is 79.9. The number of carbonyl (C=O) groups is 1. The molecule has 2 aromatic carbocycles. The number of anilines is 1. The fraction of sp³-hybridized carbons (Fsp3) is 0.458. The molecule has 6 heteroatoms. The Bertz CT molecular complexity index is 868. The zero-order valence-corrected chi connectivity index (χ0v) is 19.9. The molecule has 0 amide bonds. The molecule has 0 spiro atoms. The van der Waals surface area contributed by atoms with E-state index < -0.39 is 0 Å². The maximum absolute atomic E-state index is 13.0. The molecular weight excluding hydrogens is 464 g/mol. The first-order valence-corrected chi connectivity index (χ1v) is 11.4. The van der Waals surface area contributed by atoms with Crippen LogP contribution in [0.3, 0.4) is 0 Å². The van der Waals surface area contributed by atoms with Gasteiger partial charge in [0.25, 0.3) is 0 Å². The van der Waals surface area contributed by atoms with Crippen LogP contribution in [-0.4, -0.2) is 50.5 Å².